The zero-order valence-electron chi connectivity index (χ0n) is 13.6. The van der Waals surface area contributed by atoms with Gasteiger partial charge in [0.2, 0.25) is 0 Å². The smallest absolute Gasteiger partial charge is 0.266 e. The van der Waals surface area contributed by atoms with Crippen LogP contribution >= 0.6 is 0 Å². The number of carbonyl (C=O) groups excluding carboxylic acids is 1. The Bertz CT molecular complexity index is 997. The van der Waals surface area contributed by atoms with Gasteiger partial charge in [0, 0.05) is 23.3 Å². The number of aromatic hydroxyl groups is 1. The highest BCUT2D eigenvalue weighted by Crippen LogP contribution is 2.18. The average Bonchev–Trinajstić information content (AvgIpc) is 3.10. The normalized spacial score (nSPS) is 11.0. The summed E-state index contributed by atoms with van der Waals surface area (Å²) >= 11 is 0. The molecule has 0 fully saturated rings. The molecule has 2 aromatic carbocycles. The van der Waals surface area contributed by atoms with Crippen LogP contribution in [0, 0.1) is 17.1 Å². The Kier molecular flexibility index (Phi) is 4.81. The molecule has 128 valence electrons. The first-order valence-electron chi connectivity index (χ1n) is 7.72. The van der Waals surface area contributed by atoms with Gasteiger partial charge in [0.1, 0.15) is 23.2 Å². The number of benzene rings is 2. The second-order valence-electron chi connectivity index (χ2n) is 5.45. The van der Waals surface area contributed by atoms with Gasteiger partial charge in [0.05, 0.1) is 0 Å². The monoisotopic (exact) mass is 347 g/mol. The van der Waals surface area contributed by atoms with Crippen molar-refractivity contribution in [2.24, 2.45) is 0 Å². The van der Waals surface area contributed by atoms with Gasteiger partial charge in [0.15, 0.2) is 0 Å². The van der Waals surface area contributed by atoms with Crippen molar-refractivity contribution >= 4 is 17.7 Å². The third kappa shape index (κ3) is 3.79. The maximum atomic E-state index is 13.1. The van der Waals surface area contributed by atoms with E-state index in [1.807, 2.05) is 6.07 Å². The van der Waals surface area contributed by atoms with Crippen molar-refractivity contribution in [1.29, 1.82) is 5.26 Å². The number of amides is 1. The highest BCUT2D eigenvalue weighted by molar-refractivity contribution is 6.09. The molecule has 0 bridgehead atoms. The number of aromatic nitrogens is 1. The van der Waals surface area contributed by atoms with Crippen LogP contribution in [0.5, 0.6) is 5.75 Å². The molecule has 6 heteroatoms. The number of anilines is 1. The Labute approximate surface area is 149 Å². The van der Waals surface area contributed by atoms with Gasteiger partial charge >= 0.3 is 0 Å². The van der Waals surface area contributed by atoms with Crippen molar-refractivity contribution in [3.63, 3.8) is 0 Å². The van der Waals surface area contributed by atoms with E-state index in [2.05, 4.69) is 5.32 Å². The number of halogens is 1. The number of phenolic OH excluding ortho intramolecular Hbond substituents is 1. The topological polar surface area (TPSA) is 78.0 Å². The number of rotatable bonds is 4. The molecule has 2 N–H and O–H groups in total. The lowest BCUT2D eigenvalue weighted by Gasteiger charge is -2.08. The molecule has 0 aliphatic carbocycles. The SMILES string of the molecule is N#C/C(=C/c1cccn1-c1ccc(F)cc1)C(=O)Nc1ccc(O)cc1. The highest BCUT2D eigenvalue weighted by Gasteiger charge is 2.11. The molecule has 1 heterocycles. The summed E-state index contributed by atoms with van der Waals surface area (Å²) in [5.74, 6) is -0.829. The van der Waals surface area contributed by atoms with Crippen molar-refractivity contribution < 1.29 is 14.3 Å². The first kappa shape index (κ1) is 17.0. The summed E-state index contributed by atoms with van der Waals surface area (Å²) in [6.45, 7) is 0. The zero-order chi connectivity index (χ0) is 18.5. The molecule has 0 unspecified atom stereocenters. The van der Waals surface area contributed by atoms with Crippen molar-refractivity contribution in [2.45, 2.75) is 0 Å². The quantitative estimate of drug-likeness (QED) is 0.427. The predicted octanol–water partition coefficient (Wildman–Crippen LogP) is 3.87. The van der Waals surface area contributed by atoms with Gasteiger partial charge < -0.3 is 15.0 Å². The van der Waals surface area contributed by atoms with E-state index in [0.29, 0.717) is 17.1 Å². The van der Waals surface area contributed by atoms with Gasteiger partial charge in [0.25, 0.3) is 5.91 Å². The first-order chi connectivity index (χ1) is 12.6. The lowest BCUT2D eigenvalue weighted by Crippen LogP contribution is -2.13. The minimum atomic E-state index is -0.565. The van der Waals surface area contributed by atoms with E-state index >= 15 is 0 Å². The molecule has 0 spiro atoms. The number of nitriles is 1. The van der Waals surface area contributed by atoms with Gasteiger partial charge in [-0.3, -0.25) is 4.79 Å². The average molecular weight is 347 g/mol. The van der Waals surface area contributed by atoms with Gasteiger partial charge in [-0.15, -0.1) is 0 Å². The van der Waals surface area contributed by atoms with Crippen LogP contribution < -0.4 is 5.32 Å². The summed E-state index contributed by atoms with van der Waals surface area (Å²) < 4.78 is 14.8. The molecular weight excluding hydrogens is 333 g/mol. The Morgan fingerprint density at radius 1 is 1.12 bits per heavy atom. The van der Waals surface area contributed by atoms with E-state index in [1.165, 1.54) is 42.5 Å². The number of carbonyl (C=O) groups is 1. The fraction of sp³-hybridized carbons (Fsp3) is 0. The fourth-order valence-corrected chi connectivity index (χ4v) is 2.39. The standard InChI is InChI=1S/C20H14FN3O2/c21-15-3-7-17(8-4-15)24-11-1-2-18(24)12-14(13-22)20(26)23-16-5-9-19(25)10-6-16/h1-12,25H,(H,23,26)/b14-12-. The molecule has 1 amide bonds. The van der Waals surface area contributed by atoms with Crippen LogP contribution in [-0.2, 0) is 4.79 Å². The van der Waals surface area contributed by atoms with E-state index in [0.717, 1.165) is 0 Å². The fourth-order valence-electron chi connectivity index (χ4n) is 2.39. The lowest BCUT2D eigenvalue weighted by molar-refractivity contribution is -0.112. The maximum absolute atomic E-state index is 13.1. The summed E-state index contributed by atoms with van der Waals surface area (Å²) in [5.41, 5.74) is 1.69. The van der Waals surface area contributed by atoms with Crippen molar-refractivity contribution in [1.82, 2.24) is 4.57 Å². The van der Waals surface area contributed by atoms with Gasteiger partial charge in [-0.1, -0.05) is 0 Å². The van der Waals surface area contributed by atoms with Crippen molar-refractivity contribution in [2.75, 3.05) is 5.32 Å². The molecule has 0 aliphatic heterocycles. The minimum Gasteiger partial charge on any atom is -0.508 e. The van der Waals surface area contributed by atoms with E-state index in [-0.39, 0.29) is 17.1 Å². The van der Waals surface area contributed by atoms with E-state index < -0.39 is 5.91 Å². The number of phenols is 1. The van der Waals surface area contributed by atoms with Crippen LogP contribution in [0.3, 0.4) is 0 Å². The predicted molar refractivity (Wildman–Crippen MR) is 96.1 cm³/mol. The van der Waals surface area contributed by atoms with Gasteiger partial charge in [-0.05, 0) is 66.7 Å². The molecule has 0 atom stereocenters. The molecule has 1 aromatic heterocycles. The second-order valence-corrected chi connectivity index (χ2v) is 5.45. The minimum absolute atomic E-state index is 0.0798. The summed E-state index contributed by atoms with van der Waals surface area (Å²) in [5, 5.41) is 21.2. The first-order valence-corrected chi connectivity index (χ1v) is 7.72. The van der Waals surface area contributed by atoms with Crippen LogP contribution in [0.25, 0.3) is 11.8 Å². The Morgan fingerprint density at radius 3 is 2.46 bits per heavy atom. The maximum Gasteiger partial charge on any atom is 0.266 e. The van der Waals surface area contributed by atoms with E-state index in [1.54, 1.807) is 35.0 Å². The Balaban J connectivity index is 1.87. The van der Waals surface area contributed by atoms with Crippen molar-refractivity contribution in [3.8, 4) is 17.5 Å². The van der Waals surface area contributed by atoms with Gasteiger partial charge in [-0.25, -0.2) is 4.39 Å². The van der Waals surface area contributed by atoms with Gasteiger partial charge in [-0.2, -0.15) is 5.26 Å². The molecule has 0 saturated carbocycles. The number of hydrogen-bond donors (Lipinski definition) is 2. The second kappa shape index (κ2) is 7.36. The molecule has 0 saturated heterocycles. The Morgan fingerprint density at radius 2 is 1.81 bits per heavy atom. The van der Waals surface area contributed by atoms with E-state index in [4.69, 9.17) is 0 Å². The molecule has 3 aromatic rings. The number of hydrogen-bond acceptors (Lipinski definition) is 3. The molecule has 3 rings (SSSR count). The largest absolute Gasteiger partial charge is 0.508 e. The molecular formula is C20H14FN3O2. The molecule has 5 nitrogen and oxygen atoms in total. The summed E-state index contributed by atoms with van der Waals surface area (Å²) in [6.07, 6.45) is 3.21. The summed E-state index contributed by atoms with van der Waals surface area (Å²) in [6, 6.07) is 17.2. The van der Waals surface area contributed by atoms with Crippen LogP contribution in [0.4, 0.5) is 10.1 Å². The van der Waals surface area contributed by atoms with Crippen molar-refractivity contribution in [3.05, 3.63) is 83.9 Å². The highest BCUT2D eigenvalue weighted by atomic mass is 19.1. The third-order valence-corrected chi connectivity index (χ3v) is 3.67. The molecule has 26 heavy (non-hydrogen) atoms. The number of nitrogens with one attached hydrogen (secondary N) is 1. The summed E-state index contributed by atoms with van der Waals surface area (Å²) in [4.78, 5) is 12.3. The molecule has 0 radical (unpaired) electrons. The van der Waals surface area contributed by atoms with Crippen LogP contribution in [0.1, 0.15) is 5.69 Å². The van der Waals surface area contributed by atoms with Crippen LogP contribution in [-0.4, -0.2) is 15.6 Å². The van der Waals surface area contributed by atoms with Crippen LogP contribution in [0.2, 0.25) is 0 Å². The third-order valence-electron chi connectivity index (χ3n) is 3.67. The summed E-state index contributed by atoms with van der Waals surface area (Å²) in [7, 11) is 0. The number of nitrogens with zero attached hydrogens (tertiary/aromatic N) is 2. The zero-order valence-corrected chi connectivity index (χ0v) is 13.6. The van der Waals surface area contributed by atoms with Crippen LogP contribution in [0.15, 0.2) is 72.4 Å². The molecule has 0 aliphatic rings. The Hall–Kier alpha value is -3.85. The lowest BCUT2D eigenvalue weighted by atomic mass is 10.2. The van der Waals surface area contributed by atoms with E-state index in [9.17, 15) is 19.6 Å².